The zero-order valence-corrected chi connectivity index (χ0v) is 20.6. The van der Waals surface area contributed by atoms with Crippen LogP contribution in [0.2, 0.25) is 0 Å². The van der Waals surface area contributed by atoms with Gasteiger partial charge in [0.05, 0.1) is 46.5 Å². The Hall–Kier alpha value is -3.37. The lowest BCUT2D eigenvalue weighted by Crippen LogP contribution is -2.42. The number of sulfonamides is 1. The average molecular weight is 489 g/mol. The van der Waals surface area contributed by atoms with Crippen molar-refractivity contribution < 1.29 is 32.1 Å². The molecule has 9 nitrogen and oxygen atoms in total. The van der Waals surface area contributed by atoms with Gasteiger partial charge < -0.3 is 28.3 Å². The Morgan fingerprint density at radius 3 is 2.00 bits per heavy atom. The molecule has 1 aliphatic rings. The second kappa shape index (κ2) is 9.47. The number of rotatable bonds is 8. The van der Waals surface area contributed by atoms with E-state index in [2.05, 4.69) is 4.57 Å². The molecule has 182 valence electrons. The molecule has 3 aromatic rings. The number of nitrogens with zero attached hydrogens (tertiary/aromatic N) is 2. The Kier molecular flexibility index (Phi) is 6.63. The van der Waals surface area contributed by atoms with Crippen LogP contribution >= 0.6 is 0 Å². The Labute approximate surface area is 199 Å². The van der Waals surface area contributed by atoms with E-state index in [9.17, 15) is 8.42 Å². The van der Waals surface area contributed by atoms with Crippen LogP contribution in [0.25, 0.3) is 0 Å². The zero-order valence-electron chi connectivity index (χ0n) is 19.8. The van der Waals surface area contributed by atoms with Gasteiger partial charge in [-0.15, -0.1) is 0 Å². The highest BCUT2D eigenvalue weighted by Crippen LogP contribution is 2.44. The summed E-state index contributed by atoms with van der Waals surface area (Å²) in [5.41, 5.74) is 1.53. The summed E-state index contributed by atoms with van der Waals surface area (Å²) in [7, 11) is 3.65. The first-order valence-corrected chi connectivity index (χ1v) is 12.0. The Balaban J connectivity index is 1.89. The topological polar surface area (TPSA) is 88.5 Å². The highest BCUT2D eigenvalue weighted by Gasteiger charge is 2.39. The summed E-state index contributed by atoms with van der Waals surface area (Å²) in [5.74, 6) is 2.13. The van der Waals surface area contributed by atoms with Crippen LogP contribution < -0.4 is 23.7 Å². The van der Waals surface area contributed by atoms with E-state index < -0.39 is 16.1 Å². The van der Waals surface area contributed by atoms with Crippen LogP contribution in [-0.4, -0.2) is 59.4 Å². The summed E-state index contributed by atoms with van der Waals surface area (Å²) >= 11 is 0. The quantitative estimate of drug-likeness (QED) is 0.481. The molecule has 0 fully saturated rings. The molecule has 0 bridgehead atoms. The van der Waals surface area contributed by atoms with Crippen LogP contribution in [0.15, 0.2) is 53.6 Å². The molecule has 0 saturated carbocycles. The minimum atomic E-state index is -3.92. The molecule has 0 unspecified atom stereocenters. The van der Waals surface area contributed by atoms with E-state index in [0.717, 1.165) is 5.69 Å². The lowest BCUT2D eigenvalue weighted by Gasteiger charge is -2.36. The second-order valence-electron chi connectivity index (χ2n) is 7.62. The molecule has 0 aliphatic carbocycles. The number of hydrogen-bond acceptors (Lipinski definition) is 7. The molecule has 4 rings (SSSR count). The van der Waals surface area contributed by atoms with Gasteiger partial charge in [0.15, 0.2) is 23.0 Å². The van der Waals surface area contributed by atoms with E-state index in [1.807, 2.05) is 18.3 Å². The van der Waals surface area contributed by atoms with Crippen LogP contribution in [-0.2, 0) is 16.6 Å². The third-order valence-electron chi connectivity index (χ3n) is 5.96. The summed E-state index contributed by atoms with van der Waals surface area (Å²) in [6, 6.07) is 11.4. The fourth-order valence-electron chi connectivity index (χ4n) is 4.33. The predicted octanol–water partition coefficient (Wildman–Crippen LogP) is 3.33. The molecular weight excluding hydrogens is 460 g/mol. The molecule has 34 heavy (non-hydrogen) atoms. The average Bonchev–Trinajstić information content (AvgIpc) is 3.35. The van der Waals surface area contributed by atoms with Crippen LogP contribution in [0.5, 0.6) is 28.7 Å². The van der Waals surface area contributed by atoms with E-state index >= 15 is 0 Å². The van der Waals surface area contributed by atoms with Crippen molar-refractivity contribution in [2.24, 2.45) is 0 Å². The fraction of sp³-hybridized carbons (Fsp3) is 0.333. The fourth-order valence-corrected chi connectivity index (χ4v) is 5.93. The number of benzene rings is 2. The van der Waals surface area contributed by atoms with Gasteiger partial charge in [0.1, 0.15) is 0 Å². The molecule has 0 radical (unpaired) electrons. The minimum absolute atomic E-state index is 0.114. The van der Waals surface area contributed by atoms with Gasteiger partial charge in [0.25, 0.3) is 0 Å². The monoisotopic (exact) mass is 488 g/mol. The summed E-state index contributed by atoms with van der Waals surface area (Å²) in [4.78, 5) is 0.114. The van der Waals surface area contributed by atoms with Gasteiger partial charge in [-0.25, -0.2) is 8.42 Å². The molecule has 0 spiro atoms. The van der Waals surface area contributed by atoms with Crippen LogP contribution in [0.3, 0.4) is 0 Å². The summed E-state index contributed by atoms with van der Waals surface area (Å²) in [6.07, 6.45) is 1.95. The number of aromatic nitrogens is 1. The molecule has 2 heterocycles. The van der Waals surface area contributed by atoms with Crippen molar-refractivity contribution in [3.05, 3.63) is 59.9 Å². The van der Waals surface area contributed by atoms with Crippen LogP contribution in [0.4, 0.5) is 0 Å². The molecule has 0 saturated heterocycles. The van der Waals surface area contributed by atoms with Gasteiger partial charge in [-0.2, -0.15) is 4.31 Å². The Bertz CT molecular complexity index is 1260. The standard InChI is InChI=1S/C24H28N2O7S/c1-29-19-9-8-17(15-20(19)30-2)34(27,28)26-12-11-25-10-6-7-18(25)23(26)16-13-21(31-3)24(33-5)22(14-16)32-4/h6-10,13-15,23H,11-12H2,1-5H3/t23-/m1/s1. The maximum Gasteiger partial charge on any atom is 0.244 e. The van der Waals surface area contributed by atoms with Gasteiger partial charge in [-0.3, -0.25) is 0 Å². The number of methoxy groups -OCH3 is 5. The third kappa shape index (κ3) is 3.92. The second-order valence-corrected chi connectivity index (χ2v) is 9.51. The van der Waals surface area contributed by atoms with Crippen molar-refractivity contribution in [1.82, 2.24) is 8.87 Å². The number of fused-ring (bicyclic) bond motifs is 1. The summed E-state index contributed by atoms with van der Waals surface area (Å²) in [5, 5.41) is 0. The van der Waals surface area contributed by atoms with Crippen molar-refractivity contribution in [3.63, 3.8) is 0 Å². The molecule has 1 atom stereocenters. The smallest absolute Gasteiger partial charge is 0.244 e. The van der Waals surface area contributed by atoms with Gasteiger partial charge >= 0.3 is 0 Å². The van der Waals surface area contributed by atoms with Crippen molar-refractivity contribution in [1.29, 1.82) is 0 Å². The van der Waals surface area contributed by atoms with Crippen molar-refractivity contribution in [3.8, 4) is 28.7 Å². The van der Waals surface area contributed by atoms with Crippen molar-refractivity contribution in [2.45, 2.75) is 17.5 Å². The zero-order chi connectivity index (χ0) is 24.5. The summed E-state index contributed by atoms with van der Waals surface area (Å²) in [6.45, 7) is 0.801. The lowest BCUT2D eigenvalue weighted by atomic mass is 10.0. The van der Waals surface area contributed by atoms with Gasteiger partial charge in [-0.05, 0) is 42.0 Å². The SMILES string of the molecule is COc1ccc(S(=O)(=O)N2CCn3cccc3[C@H]2c2cc(OC)c(OC)c(OC)c2)cc1OC. The first-order valence-electron chi connectivity index (χ1n) is 10.6. The van der Waals surface area contributed by atoms with Crippen LogP contribution in [0, 0.1) is 0 Å². The maximum atomic E-state index is 13.9. The Morgan fingerprint density at radius 1 is 0.765 bits per heavy atom. The lowest BCUT2D eigenvalue weighted by molar-refractivity contribution is 0.292. The minimum Gasteiger partial charge on any atom is -0.493 e. The first kappa shape index (κ1) is 23.8. The molecule has 10 heteroatoms. The van der Waals surface area contributed by atoms with E-state index in [1.165, 1.54) is 52.0 Å². The normalized spacial score (nSPS) is 16.0. The van der Waals surface area contributed by atoms with Gasteiger partial charge in [0.2, 0.25) is 15.8 Å². The predicted molar refractivity (Wildman–Crippen MR) is 126 cm³/mol. The van der Waals surface area contributed by atoms with Crippen LogP contribution in [0.1, 0.15) is 17.3 Å². The van der Waals surface area contributed by atoms with E-state index in [1.54, 1.807) is 18.2 Å². The molecule has 1 aromatic heterocycles. The number of hydrogen-bond donors (Lipinski definition) is 0. The van der Waals surface area contributed by atoms with Gasteiger partial charge in [0, 0.05) is 31.0 Å². The first-order chi connectivity index (χ1) is 16.4. The number of ether oxygens (including phenoxy) is 5. The maximum absolute atomic E-state index is 13.9. The van der Waals surface area contributed by atoms with Crippen molar-refractivity contribution in [2.75, 3.05) is 42.1 Å². The van der Waals surface area contributed by atoms with E-state index in [-0.39, 0.29) is 11.4 Å². The van der Waals surface area contributed by atoms with E-state index in [0.29, 0.717) is 40.9 Å². The largest absolute Gasteiger partial charge is 0.493 e. The van der Waals surface area contributed by atoms with E-state index in [4.69, 9.17) is 23.7 Å². The molecule has 0 amide bonds. The van der Waals surface area contributed by atoms with Gasteiger partial charge in [-0.1, -0.05) is 0 Å². The highest BCUT2D eigenvalue weighted by molar-refractivity contribution is 7.89. The molecule has 1 aliphatic heterocycles. The summed E-state index contributed by atoms with van der Waals surface area (Å²) < 4.78 is 58.5. The molecular formula is C24H28N2O7S. The molecule has 2 aromatic carbocycles. The van der Waals surface area contributed by atoms with Crippen molar-refractivity contribution >= 4 is 10.0 Å². The Morgan fingerprint density at radius 2 is 1.41 bits per heavy atom. The highest BCUT2D eigenvalue weighted by atomic mass is 32.2. The third-order valence-corrected chi connectivity index (χ3v) is 7.82. The molecule has 0 N–H and O–H groups in total.